The van der Waals surface area contributed by atoms with Crippen LogP contribution in [0.4, 0.5) is 11.4 Å². The molecule has 2 fully saturated rings. The molecule has 28 heavy (non-hydrogen) atoms. The van der Waals surface area contributed by atoms with Crippen molar-refractivity contribution in [2.24, 2.45) is 0 Å². The number of benzene rings is 2. The molecule has 0 aromatic heterocycles. The number of likely N-dealkylation sites (tertiary alicyclic amines) is 1. The Morgan fingerprint density at radius 1 is 1.04 bits per heavy atom. The van der Waals surface area contributed by atoms with E-state index in [1.54, 1.807) is 6.07 Å². The number of rotatable bonds is 4. The second-order valence-electron chi connectivity index (χ2n) is 7.70. The highest BCUT2D eigenvalue weighted by molar-refractivity contribution is 5.50. The minimum Gasteiger partial charge on any atom is -0.399 e. The SMILES string of the molecule is N#Cc1cc(N)ccc1CN1CCCCC1c1ccc(N2CCOCC2)cc1. The van der Waals surface area contributed by atoms with Gasteiger partial charge in [0, 0.05) is 37.1 Å². The molecule has 5 heteroatoms. The molecule has 0 amide bonds. The van der Waals surface area contributed by atoms with E-state index in [0.29, 0.717) is 17.3 Å². The number of anilines is 2. The molecule has 2 aromatic carbocycles. The van der Waals surface area contributed by atoms with E-state index in [9.17, 15) is 5.26 Å². The Labute approximate surface area is 167 Å². The summed E-state index contributed by atoms with van der Waals surface area (Å²) in [4.78, 5) is 4.90. The minimum atomic E-state index is 0.400. The van der Waals surface area contributed by atoms with Crippen LogP contribution < -0.4 is 10.6 Å². The maximum Gasteiger partial charge on any atom is 0.0995 e. The van der Waals surface area contributed by atoms with Crippen molar-refractivity contribution in [2.45, 2.75) is 31.8 Å². The smallest absolute Gasteiger partial charge is 0.0995 e. The summed E-state index contributed by atoms with van der Waals surface area (Å²) in [6.45, 7) is 5.39. The van der Waals surface area contributed by atoms with Gasteiger partial charge in [-0.1, -0.05) is 24.6 Å². The van der Waals surface area contributed by atoms with Crippen molar-refractivity contribution in [2.75, 3.05) is 43.5 Å². The molecule has 146 valence electrons. The van der Waals surface area contributed by atoms with Crippen molar-refractivity contribution < 1.29 is 4.74 Å². The summed E-state index contributed by atoms with van der Waals surface area (Å²) in [7, 11) is 0. The van der Waals surface area contributed by atoms with Crippen LogP contribution in [0, 0.1) is 11.3 Å². The molecule has 1 atom stereocenters. The normalized spacial score (nSPS) is 20.7. The number of morpholine rings is 1. The third-order valence-electron chi connectivity index (χ3n) is 5.90. The van der Waals surface area contributed by atoms with Crippen molar-refractivity contribution in [3.63, 3.8) is 0 Å². The van der Waals surface area contributed by atoms with Gasteiger partial charge in [-0.05, 0) is 54.8 Å². The molecular formula is C23H28N4O. The van der Waals surface area contributed by atoms with Gasteiger partial charge in [-0.2, -0.15) is 5.26 Å². The summed E-state index contributed by atoms with van der Waals surface area (Å²) < 4.78 is 5.46. The number of nitrogens with zero attached hydrogens (tertiary/aromatic N) is 3. The average Bonchev–Trinajstić information content (AvgIpc) is 2.76. The van der Waals surface area contributed by atoms with Crippen LogP contribution in [-0.4, -0.2) is 37.7 Å². The van der Waals surface area contributed by atoms with Crippen LogP contribution in [0.3, 0.4) is 0 Å². The second-order valence-corrected chi connectivity index (χ2v) is 7.70. The van der Waals surface area contributed by atoms with Crippen LogP contribution >= 0.6 is 0 Å². The molecule has 2 N–H and O–H groups in total. The monoisotopic (exact) mass is 376 g/mol. The Balaban J connectivity index is 1.51. The highest BCUT2D eigenvalue weighted by atomic mass is 16.5. The van der Waals surface area contributed by atoms with Crippen LogP contribution in [0.25, 0.3) is 0 Å². The van der Waals surface area contributed by atoms with Crippen molar-refractivity contribution in [3.8, 4) is 6.07 Å². The van der Waals surface area contributed by atoms with Gasteiger partial charge in [0.1, 0.15) is 0 Å². The minimum absolute atomic E-state index is 0.400. The quantitative estimate of drug-likeness (QED) is 0.824. The van der Waals surface area contributed by atoms with Crippen molar-refractivity contribution >= 4 is 11.4 Å². The van der Waals surface area contributed by atoms with Crippen LogP contribution in [0.5, 0.6) is 0 Å². The first-order valence-corrected chi connectivity index (χ1v) is 10.2. The molecule has 2 aromatic rings. The molecule has 2 heterocycles. The fraction of sp³-hybridized carbons (Fsp3) is 0.435. The molecule has 2 saturated heterocycles. The van der Waals surface area contributed by atoms with E-state index < -0.39 is 0 Å². The molecule has 0 saturated carbocycles. The van der Waals surface area contributed by atoms with Gasteiger partial charge in [0.05, 0.1) is 24.8 Å². The van der Waals surface area contributed by atoms with Crippen LogP contribution in [-0.2, 0) is 11.3 Å². The van der Waals surface area contributed by atoms with E-state index >= 15 is 0 Å². The second kappa shape index (κ2) is 8.64. The molecule has 5 nitrogen and oxygen atoms in total. The predicted molar refractivity (Wildman–Crippen MR) is 112 cm³/mol. The van der Waals surface area contributed by atoms with Gasteiger partial charge in [0.2, 0.25) is 0 Å². The average molecular weight is 377 g/mol. The van der Waals surface area contributed by atoms with E-state index in [-0.39, 0.29) is 0 Å². The van der Waals surface area contributed by atoms with Crippen molar-refractivity contribution in [1.82, 2.24) is 4.90 Å². The lowest BCUT2D eigenvalue weighted by Crippen LogP contribution is -2.36. The molecule has 0 spiro atoms. The lowest BCUT2D eigenvalue weighted by atomic mass is 9.94. The first-order valence-electron chi connectivity index (χ1n) is 10.2. The number of nitriles is 1. The number of ether oxygens (including phenoxy) is 1. The Morgan fingerprint density at radius 3 is 2.57 bits per heavy atom. The number of nitrogens with two attached hydrogens (primary N) is 1. The van der Waals surface area contributed by atoms with Crippen molar-refractivity contribution in [1.29, 1.82) is 5.26 Å². The molecule has 1 unspecified atom stereocenters. The van der Waals surface area contributed by atoms with Crippen LogP contribution in [0.1, 0.15) is 42.0 Å². The number of piperidine rings is 1. The lowest BCUT2D eigenvalue weighted by Gasteiger charge is -2.36. The summed E-state index contributed by atoms with van der Waals surface area (Å²) in [6, 6.07) is 17.4. The summed E-state index contributed by atoms with van der Waals surface area (Å²) >= 11 is 0. The van der Waals surface area contributed by atoms with Gasteiger partial charge in [-0.25, -0.2) is 0 Å². The van der Waals surface area contributed by atoms with Crippen LogP contribution in [0.15, 0.2) is 42.5 Å². The maximum atomic E-state index is 9.47. The molecule has 4 rings (SSSR count). The molecule has 2 aliphatic heterocycles. The fourth-order valence-corrected chi connectivity index (χ4v) is 4.34. The molecular weight excluding hydrogens is 348 g/mol. The Hall–Kier alpha value is -2.55. The summed E-state index contributed by atoms with van der Waals surface area (Å²) in [6.07, 6.45) is 3.62. The first kappa shape index (κ1) is 18.8. The summed E-state index contributed by atoms with van der Waals surface area (Å²) in [5, 5.41) is 9.47. The van der Waals surface area contributed by atoms with Gasteiger partial charge < -0.3 is 15.4 Å². The Bertz CT molecular complexity index is 837. The first-order chi connectivity index (χ1) is 13.7. The summed E-state index contributed by atoms with van der Waals surface area (Å²) in [5.74, 6) is 0. The largest absolute Gasteiger partial charge is 0.399 e. The zero-order valence-corrected chi connectivity index (χ0v) is 16.3. The van der Waals surface area contributed by atoms with Gasteiger partial charge in [0.15, 0.2) is 0 Å². The highest BCUT2D eigenvalue weighted by Gasteiger charge is 2.25. The van der Waals surface area contributed by atoms with E-state index in [1.807, 2.05) is 12.1 Å². The third kappa shape index (κ3) is 4.14. The molecule has 0 bridgehead atoms. The predicted octanol–water partition coefficient (Wildman–Crippen LogP) is 3.70. The van der Waals surface area contributed by atoms with E-state index in [2.05, 4.69) is 40.1 Å². The fourth-order valence-electron chi connectivity index (χ4n) is 4.34. The van der Waals surface area contributed by atoms with Gasteiger partial charge in [-0.15, -0.1) is 0 Å². The van der Waals surface area contributed by atoms with E-state index in [0.717, 1.165) is 51.4 Å². The molecule has 2 aliphatic rings. The number of hydrogen-bond donors (Lipinski definition) is 1. The van der Waals surface area contributed by atoms with Crippen LogP contribution in [0.2, 0.25) is 0 Å². The summed E-state index contributed by atoms with van der Waals surface area (Å²) in [5.41, 5.74) is 10.9. The zero-order valence-electron chi connectivity index (χ0n) is 16.3. The topological polar surface area (TPSA) is 65.5 Å². The van der Waals surface area contributed by atoms with Gasteiger partial charge >= 0.3 is 0 Å². The Kier molecular flexibility index (Phi) is 5.80. The maximum absolute atomic E-state index is 9.47. The van der Waals surface area contributed by atoms with E-state index in [4.69, 9.17) is 10.5 Å². The molecule has 0 radical (unpaired) electrons. The Morgan fingerprint density at radius 2 is 1.82 bits per heavy atom. The lowest BCUT2D eigenvalue weighted by molar-refractivity contribution is 0.122. The van der Waals surface area contributed by atoms with Gasteiger partial charge in [-0.3, -0.25) is 4.90 Å². The number of hydrogen-bond acceptors (Lipinski definition) is 5. The van der Waals surface area contributed by atoms with Crippen molar-refractivity contribution in [3.05, 3.63) is 59.2 Å². The van der Waals surface area contributed by atoms with Gasteiger partial charge in [0.25, 0.3) is 0 Å². The molecule has 0 aliphatic carbocycles. The standard InChI is InChI=1S/C23H28N4O/c24-16-20-15-21(25)7-4-19(20)17-27-10-2-1-3-23(27)18-5-8-22(9-6-18)26-11-13-28-14-12-26/h4-9,15,23H,1-3,10-14,17,25H2. The third-order valence-corrected chi connectivity index (χ3v) is 5.90. The number of nitrogen functional groups attached to an aromatic ring is 1. The zero-order chi connectivity index (χ0) is 19.3. The van der Waals surface area contributed by atoms with E-state index in [1.165, 1.54) is 24.1 Å². The highest BCUT2D eigenvalue weighted by Crippen LogP contribution is 2.33.